The summed E-state index contributed by atoms with van der Waals surface area (Å²) in [5, 5.41) is 0. The van der Waals surface area contributed by atoms with Gasteiger partial charge in [-0.15, -0.1) is 0 Å². The Hall–Kier alpha value is -1.79. The van der Waals surface area contributed by atoms with E-state index in [2.05, 4.69) is 15.4 Å². The zero-order valence-corrected chi connectivity index (χ0v) is 13.2. The highest BCUT2D eigenvalue weighted by molar-refractivity contribution is 7.97. The Balaban J connectivity index is 1.54. The third-order valence-electron chi connectivity index (χ3n) is 3.74. The van der Waals surface area contributed by atoms with Crippen molar-refractivity contribution in [3.63, 3.8) is 0 Å². The normalized spacial score (nSPS) is 16.6. The van der Waals surface area contributed by atoms with Crippen LogP contribution in [0.3, 0.4) is 0 Å². The van der Waals surface area contributed by atoms with Crippen LogP contribution in [0.2, 0.25) is 0 Å². The molecule has 0 amide bonds. The van der Waals surface area contributed by atoms with Gasteiger partial charge in [-0.2, -0.15) is 0 Å². The van der Waals surface area contributed by atoms with Gasteiger partial charge in [-0.05, 0) is 43.0 Å². The fourth-order valence-electron chi connectivity index (χ4n) is 2.54. The number of benzene rings is 1. The summed E-state index contributed by atoms with van der Waals surface area (Å²) < 4.78 is 12.6. The predicted octanol–water partition coefficient (Wildman–Crippen LogP) is 3.29. The van der Waals surface area contributed by atoms with Crippen molar-refractivity contribution >= 4 is 17.7 Å². The molecule has 1 aromatic heterocycles. The largest absolute Gasteiger partial charge is 0.497 e. The van der Waals surface area contributed by atoms with Gasteiger partial charge in [0.25, 0.3) is 5.89 Å². The zero-order valence-electron chi connectivity index (χ0n) is 12.4. The summed E-state index contributed by atoms with van der Waals surface area (Å²) in [6, 6.07) is 8.01. The summed E-state index contributed by atoms with van der Waals surface area (Å²) in [6.07, 6.45) is 4.62. The Morgan fingerprint density at radius 1 is 1.41 bits per heavy atom. The SMILES string of the molecule is COc1cccc(SN2CCC(C(=O)c3ncco3)CC2)c1. The second kappa shape index (κ2) is 6.98. The summed E-state index contributed by atoms with van der Waals surface area (Å²) >= 11 is 1.71. The molecule has 0 spiro atoms. The Morgan fingerprint density at radius 2 is 2.23 bits per heavy atom. The maximum absolute atomic E-state index is 12.2. The van der Waals surface area contributed by atoms with Crippen LogP contribution in [-0.4, -0.2) is 35.3 Å². The van der Waals surface area contributed by atoms with Crippen molar-refractivity contribution in [2.75, 3.05) is 20.2 Å². The molecule has 0 saturated carbocycles. The van der Waals surface area contributed by atoms with Crippen molar-refractivity contribution < 1.29 is 13.9 Å². The highest BCUT2D eigenvalue weighted by Gasteiger charge is 2.28. The van der Waals surface area contributed by atoms with Crippen LogP contribution in [0.15, 0.2) is 46.0 Å². The standard InChI is InChI=1S/C16H18N2O3S/c1-20-13-3-2-4-14(11-13)22-18-8-5-12(6-9-18)15(19)16-17-7-10-21-16/h2-4,7,10-12H,5-6,8-9H2,1H3. The Kier molecular flexibility index (Phi) is 4.80. The van der Waals surface area contributed by atoms with Crippen molar-refractivity contribution in [3.05, 3.63) is 42.6 Å². The van der Waals surface area contributed by atoms with Crippen molar-refractivity contribution in [2.45, 2.75) is 17.7 Å². The summed E-state index contributed by atoms with van der Waals surface area (Å²) in [4.78, 5) is 17.3. The molecule has 5 nitrogen and oxygen atoms in total. The van der Waals surface area contributed by atoms with E-state index in [-0.39, 0.29) is 17.6 Å². The molecule has 22 heavy (non-hydrogen) atoms. The number of carbonyl (C=O) groups excluding carboxylic acids is 1. The number of ketones is 1. The summed E-state index contributed by atoms with van der Waals surface area (Å²) in [5.41, 5.74) is 0. The quantitative estimate of drug-likeness (QED) is 0.623. The Labute approximate surface area is 133 Å². The van der Waals surface area contributed by atoms with Gasteiger partial charge in [-0.1, -0.05) is 6.07 Å². The van der Waals surface area contributed by atoms with Crippen LogP contribution in [-0.2, 0) is 0 Å². The van der Waals surface area contributed by atoms with Crippen LogP contribution < -0.4 is 4.74 Å². The van der Waals surface area contributed by atoms with Crippen LogP contribution in [0.25, 0.3) is 0 Å². The maximum atomic E-state index is 12.2. The number of piperidine rings is 1. The first-order valence-corrected chi connectivity index (χ1v) is 8.04. The number of methoxy groups -OCH3 is 1. The second-order valence-electron chi connectivity index (χ2n) is 5.18. The number of hydrogen-bond acceptors (Lipinski definition) is 6. The van der Waals surface area contributed by atoms with Crippen LogP contribution in [0.4, 0.5) is 0 Å². The summed E-state index contributed by atoms with van der Waals surface area (Å²) in [6.45, 7) is 1.75. The number of nitrogens with zero attached hydrogens (tertiary/aromatic N) is 2. The molecule has 1 aliphatic rings. The van der Waals surface area contributed by atoms with E-state index in [1.54, 1.807) is 19.1 Å². The van der Waals surface area contributed by atoms with Crippen LogP contribution in [0, 0.1) is 5.92 Å². The number of oxazole rings is 1. The van der Waals surface area contributed by atoms with E-state index in [4.69, 9.17) is 9.15 Å². The molecule has 2 heterocycles. The van der Waals surface area contributed by atoms with E-state index in [9.17, 15) is 4.79 Å². The first kappa shape index (κ1) is 15.1. The minimum Gasteiger partial charge on any atom is -0.497 e. The second-order valence-corrected chi connectivity index (χ2v) is 6.35. The molecule has 0 aliphatic carbocycles. The monoisotopic (exact) mass is 318 g/mol. The molecule has 1 aliphatic heterocycles. The molecule has 1 saturated heterocycles. The number of ether oxygens (including phenoxy) is 1. The fourth-order valence-corrected chi connectivity index (χ4v) is 3.54. The minimum absolute atomic E-state index is 0.0146. The zero-order chi connectivity index (χ0) is 15.4. The van der Waals surface area contributed by atoms with E-state index >= 15 is 0 Å². The number of carbonyl (C=O) groups is 1. The number of aromatic nitrogens is 1. The Bertz CT molecular complexity index is 622. The lowest BCUT2D eigenvalue weighted by Crippen LogP contribution is -2.32. The van der Waals surface area contributed by atoms with Gasteiger partial charge >= 0.3 is 0 Å². The molecule has 1 fully saturated rings. The first-order valence-electron chi connectivity index (χ1n) is 7.27. The topological polar surface area (TPSA) is 55.6 Å². The molecule has 1 aromatic carbocycles. The lowest BCUT2D eigenvalue weighted by atomic mass is 9.93. The maximum Gasteiger partial charge on any atom is 0.263 e. The molecule has 2 aromatic rings. The third-order valence-corrected chi connectivity index (χ3v) is 4.83. The van der Waals surface area contributed by atoms with Gasteiger partial charge in [0.1, 0.15) is 12.0 Å². The lowest BCUT2D eigenvalue weighted by Gasteiger charge is -2.29. The van der Waals surface area contributed by atoms with Crippen LogP contribution in [0.1, 0.15) is 23.5 Å². The lowest BCUT2D eigenvalue weighted by molar-refractivity contribution is 0.0842. The van der Waals surface area contributed by atoms with E-state index in [1.165, 1.54) is 12.5 Å². The van der Waals surface area contributed by atoms with E-state index < -0.39 is 0 Å². The van der Waals surface area contributed by atoms with Crippen molar-refractivity contribution in [1.82, 2.24) is 9.29 Å². The molecule has 0 unspecified atom stereocenters. The summed E-state index contributed by atoms with van der Waals surface area (Å²) in [5.74, 6) is 1.13. The van der Waals surface area contributed by atoms with Crippen LogP contribution in [0.5, 0.6) is 5.75 Å². The molecule has 0 bridgehead atoms. The average molecular weight is 318 g/mol. The highest BCUT2D eigenvalue weighted by Crippen LogP contribution is 2.31. The molecule has 116 valence electrons. The molecule has 3 rings (SSSR count). The van der Waals surface area contributed by atoms with Gasteiger partial charge < -0.3 is 9.15 Å². The molecule has 6 heteroatoms. The van der Waals surface area contributed by atoms with Gasteiger partial charge in [0.2, 0.25) is 5.78 Å². The van der Waals surface area contributed by atoms with E-state index in [1.807, 2.05) is 18.2 Å². The minimum atomic E-state index is 0.0146. The number of rotatable bonds is 5. The highest BCUT2D eigenvalue weighted by atomic mass is 32.2. The molecule has 0 atom stereocenters. The first-order chi connectivity index (χ1) is 10.8. The molecular weight excluding hydrogens is 300 g/mol. The Morgan fingerprint density at radius 3 is 2.91 bits per heavy atom. The van der Waals surface area contributed by atoms with Crippen LogP contribution >= 0.6 is 11.9 Å². The van der Waals surface area contributed by atoms with Gasteiger partial charge in [-0.25, -0.2) is 9.29 Å². The average Bonchev–Trinajstić information content (AvgIpc) is 3.09. The predicted molar refractivity (Wildman–Crippen MR) is 84.0 cm³/mol. The number of hydrogen-bond donors (Lipinski definition) is 0. The molecule has 0 radical (unpaired) electrons. The van der Waals surface area contributed by atoms with Gasteiger partial charge in [-0.3, -0.25) is 4.79 Å². The van der Waals surface area contributed by atoms with Gasteiger partial charge in [0.15, 0.2) is 0 Å². The van der Waals surface area contributed by atoms with Gasteiger partial charge in [0, 0.05) is 23.9 Å². The molecular formula is C16H18N2O3S. The van der Waals surface area contributed by atoms with Crippen molar-refractivity contribution in [2.24, 2.45) is 5.92 Å². The fraction of sp³-hybridized carbons (Fsp3) is 0.375. The van der Waals surface area contributed by atoms with Gasteiger partial charge in [0.05, 0.1) is 13.3 Å². The van der Waals surface area contributed by atoms with Crippen molar-refractivity contribution in [3.8, 4) is 5.75 Å². The summed E-state index contributed by atoms with van der Waals surface area (Å²) in [7, 11) is 1.67. The third kappa shape index (κ3) is 3.51. The smallest absolute Gasteiger partial charge is 0.263 e. The van der Waals surface area contributed by atoms with E-state index in [0.717, 1.165) is 36.6 Å². The van der Waals surface area contributed by atoms with Crippen molar-refractivity contribution in [1.29, 1.82) is 0 Å². The number of Topliss-reactive ketones (excluding diaryl/α,β-unsaturated/α-hetero) is 1. The molecule has 0 N–H and O–H groups in total. The van der Waals surface area contributed by atoms with E-state index in [0.29, 0.717) is 0 Å².